The minimum Gasteiger partial charge on any atom is -0.366 e. The maximum absolute atomic E-state index is 12.0. The molecule has 4 N–H and O–H groups in total. The van der Waals surface area contributed by atoms with Gasteiger partial charge in [0.25, 0.3) is 0 Å². The Hall–Kier alpha value is -1.30. The molecule has 2 amide bonds. The van der Waals surface area contributed by atoms with Crippen molar-refractivity contribution in [2.45, 2.75) is 25.3 Å². The standard InChI is InChI=1S/C13H16ClN3O2.ClH/c14-10-7-8(4-5-9(10)12(15)18)17-13(19)11-3-1-2-6-16-11;/h4-5,7,11,16H,1-3,6H2,(H2,15,18)(H,17,19);1H. The number of primary amides is 1. The second-order valence-corrected chi connectivity index (χ2v) is 4.96. The van der Waals surface area contributed by atoms with E-state index in [1.54, 1.807) is 6.07 Å². The van der Waals surface area contributed by atoms with Gasteiger partial charge in [0, 0.05) is 5.69 Å². The van der Waals surface area contributed by atoms with Crippen molar-refractivity contribution in [1.82, 2.24) is 5.32 Å². The van der Waals surface area contributed by atoms with Crippen molar-refractivity contribution in [2.75, 3.05) is 11.9 Å². The van der Waals surface area contributed by atoms with Gasteiger partial charge in [-0.25, -0.2) is 0 Å². The van der Waals surface area contributed by atoms with Crippen LogP contribution in [0.2, 0.25) is 5.02 Å². The zero-order valence-corrected chi connectivity index (χ0v) is 12.4. The molecule has 1 unspecified atom stereocenters. The number of hydrogen-bond acceptors (Lipinski definition) is 3. The van der Waals surface area contributed by atoms with Crippen LogP contribution < -0.4 is 16.4 Å². The van der Waals surface area contributed by atoms with Gasteiger partial charge in [0.15, 0.2) is 0 Å². The first-order valence-corrected chi connectivity index (χ1v) is 6.59. The Morgan fingerprint density at radius 2 is 2.10 bits per heavy atom. The zero-order chi connectivity index (χ0) is 13.8. The number of anilines is 1. The summed E-state index contributed by atoms with van der Waals surface area (Å²) in [6.07, 6.45) is 2.98. The number of carbonyl (C=O) groups excluding carboxylic acids is 2. The Morgan fingerprint density at radius 3 is 2.65 bits per heavy atom. The monoisotopic (exact) mass is 317 g/mol. The van der Waals surface area contributed by atoms with E-state index in [0.29, 0.717) is 5.69 Å². The molecule has 7 heteroatoms. The SMILES string of the molecule is Cl.NC(=O)c1ccc(NC(=O)C2CCCCN2)cc1Cl. The molecular weight excluding hydrogens is 301 g/mol. The largest absolute Gasteiger partial charge is 0.366 e. The summed E-state index contributed by atoms with van der Waals surface area (Å²) in [7, 11) is 0. The normalized spacial score (nSPS) is 17.9. The topological polar surface area (TPSA) is 84.2 Å². The van der Waals surface area contributed by atoms with Crippen LogP contribution in [0.1, 0.15) is 29.6 Å². The van der Waals surface area contributed by atoms with Crippen molar-refractivity contribution in [1.29, 1.82) is 0 Å². The summed E-state index contributed by atoms with van der Waals surface area (Å²) in [5.41, 5.74) is 5.97. The molecule has 5 nitrogen and oxygen atoms in total. The highest BCUT2D eigenvalue weighted by Gasteiger charge is 2.20. The van der Waals surface area contributed by atoms with E-state index in [1.165, 1.54) is 12.1 Å². The van der Waals surface area contributed by atoms with Crippen molar-refractivity contribution < 1.29 is 9.59 Å². The molecule has 1 heterocycles. The van der Waals surface area contributed by atoms with Gasteiger partial charge in [-0.1, -0.05) is 18.0 Å². The molecule has 20 heavy (non-hydrogen) atoms. The smallest absolute Gasteiger partial charge is 0.250 e. The molecule has 0 saturated carbocycles. The highest BCUT2D eigenvalue weighted by molar-refractivity contribution is 6.34. The van der Waals surface area contributed by atoms with Gasteiger partial charge in [-0.15, -0.1) is 12.4 Å². The summed E-state index contributed by atoms with van der Waals surface area (Å²) in [4.78, 5) is 23.0. The molecule has 1 fully saturated rings. The Balaban J connectivity index is 0.00000200. The number of halogens is 2. The van der Waals surface area contributed by atoms with E-state index in [9.17, 15) is 9.59 Å². The summed E-state index contributed by atoms with van der Waals surface area (Å²) in [5.74, 6) is -0.667. The lowest BCUT2D eigenvalue weighted by molar-refractivity contribution is -0.118. The molecule has 1 saturated heterocycles. The number of carbonyl (C=O) groups is 2. The first kappa shape index (κ1) is 16.8. The lowest BCUT2D eigenvalue weighted by Crippen LogP contribution is -2.43. The van der Waals surface area contributed by atoms with Crippen LogP contribution in [0.25, 0.3) is 0 Å². The first-order chi connectivity index (χ1) is 9.08. The van der Waals surface area contributed by atoms with E-state index in [2.05, 4.69) is 10.6 Å². The van der Waals surface area contributed by atoms with E-state index >= 15 is 0 Å². The van der Waals surface area contributed by atoms with Gasteiger partial charge in [-0.3, -0.25) is 9.59 Å². The summed E-state index contributed by atoms with van der Waals surface area (Å²) in [6, 6.07) is 4.49. The zero-order valence-electron chi connectivity index (χ0n) is 10.8. The molecule has 1 aromatic rings. The average Bonchev–Trinajstić information content (AvgIpc) is 2.39. The highest BCUT2D eigenvalue weighted by atomic mass is 35.5. The first-order valence-electron chi connectivity index (χ1n) is 6.21. The molecule has 0 aliphatic carbocycles. The number of hydrogen-bond donors (Lipinski definition) is 3. The Morgan fingerprint density at radius 1 is 1.35 bits per heavy atom. The Bertz CT molecular complexity index is 502. The van der Waals surface area contributed by atoms with Crippen LogP contribution in [0.4, 0.5) is 5.69 Å². The van der Waals surface area contributed by atoms with Crippen molar-refractivity contribution in [2.24, 2.45) is 5.73 Å². The fourth-order valence-corrected chi connectivity index (χ4v) is 2.37. The Kier molecular flexibility index (Phi) is 6.26. The molecule has 1 aliphatic heterocycles. The highest BCUT2D eigenvalue weighted by Crippen LogP contribution is 2.21. The van der Waals surface area contributed by atoms with Crippen LogP contribution in [0, 0.1) is 0 Å². The number of piperidine rings is 1. The summed E-state index contributed by atoms with van der Waals surface area (Å²) < 4.78 is 0. The number of benzene rings is 1. The molecule has 1 aliphatic rings. The lowest BCUT2D eigenvalue weighted by atomic mass is 10.0. The lowest BCUT2D eigenvalue weighted by Gasteiger charge is -2.22. The van der Waals surface area contributed by atoms with Crippen LogP contribution in [0.15, 0.2) is 18.2 Å². The molecular formula is C13H17Cl2N3O2. The third-order valence-electron chi connectivity index (χ3n) is 3.13. The predicted molar refractivity (Wildman–Crippen MR) is 81.5 cm³/mol. The minimum atomic E-state index is -0.586. The fraction of sp³-hybridized carbons (Fsp3) is 0.385. The second kappa shape index (κ2) is 7.47. The van der Waals surface area contributed by atoms with E-state index in [1.807, 2.05) is 0 Å². The van der Waals surface area contributed by atoms with Gasteiger partial charge >= 0.3 is 0 Å². The van der Waals surface area contributed by atoms with E-state index in [4.69, 9.17) is 17.3 Å². The summed E-state index contributed by atoms with van der Waals surface area (Å²) >= 11 is 5.93. The van der Waals surface area contributed by atoms with Crippen molar-refractivity contribution in [3.63, 3.8) is 0 Å². The quantitative estimate of drug-likeness (QED) is 0.796. The van der Waals surface area contributed by atoms with E-state index < -0.39 is 5.91 Å². The van der Waals surface area contributed by atoms with Gasteiger partial charge in [0.2, 0.25) is 11.8 Å². The second-order valence-electron chi connectivity index (χ2n) is 4.55. The van der Waals surface area contributed by atoms with E-state index in [0.717, 1.165) is 25.8 Å². The fourth-order valence-electron chi connectivity index (χ4n) is 2.10. The van der Waals surface area contributed by atoms with Crippen LogP contribution in [-0.4, -0.2) is 24.4 Å². The van der Waals surface area contributed by atoms with Gasteiger partial charge in [0.05, 0.1) is 16.6 Å². The molecule has 110 valence electrons. The third kappa shape index (κ3) is 4.10. The number of nitrogens with two attached hydrogens (primary N) is 1. The van der Waals surface area contributed by atoms with Crippen molar-refractivity contribution in [3.05, 3.63) is 28.8 Å². The third-order valence-corrected chi connectivity index (χ3v) is 3.44. The molecule has 0 bridgehead atoms. The van der Waals surface area contributed by atoms with Crippen LogP contribution in [0.5, 0.6) is 0 Å². The maximum atomic E-state index is 12.0. The molecule has 0 radical (unpaired) electrons. The molecule has 1 atom stereocenters. The minimum absolute atomic E-state index is 0. The maximum Gasteiger partial charge on any atom is 0.250 e. The van der Waals surface area contributed by atoms with Crippen molar-refractivity contribution >= 4 is 41.5 Å². The Labute approximate surface area is 128 Å². The van der Waals surface area contributed by atoms with Gasteiger partial charge in [0.1, 0.15) is 0 Å². The number of nitrogens with one attached hydrogen (secondary N) is 2. The van der Waals surface area contributed by atoms with Crippen LogP contribution in [-0.2, 0) is 4.79 Å². The average molecular weight is 318 g/mol. The predicted octanol–water partition coefficient (Wildman–Crippen LogP) is 1.94. The van der Waals surface area contributed by atoms with Crippen molar-refractivity contribution in [3.8, 4) is 0 Å². The van der Waals surface area contributed by atoms with Crippen LogP contribution in [0.3, 0.4) is 0 Å². The number of rotatable bonds is 3. The number of amides is 2. The van der Waals surface area contributed by atoms with E-state index in [-0.39, 0.29) is 34.9 Å². The molecule has 1 aromatic carbocycles. The summed E-state index contributed by atoms with van der Waals surface area (Å²) in [5, 5.41) is 6.18. The molecule has 0 spiro atoms. The molecule has 0 aromatic heterocycles. The van der Waals surface area contributed by atoms with Gasteiger partial charge in [-0.2, -0.15) is 0 Å². The summed E-state index contributed by atoms with van der Waals surface area (Å²) in [6.45, 7) is 0.861. The van der Waals surface area contributed by atoms with Crippen LogP contribution >= 0.6 is 24.0 Å². The molecule has 2 rings (SSSR count). The van der Waals surface area contributed by atoms with Gasteiger partial charge in [-0.05, 0) is 37.6 Å². The van der Waals surface area contributed by atoms with Gasteiger partial charge < -0.3 is 16.4 Å².